The van der Waals surface area contributed by atoms with Crippen LogP contribution in [0.4, 0.5) is 0 Å². The summed E-state index contributed by atoms with van der Waals surface area (Å²) in [6.07, 6.45) is -4.46. The third-order valence-electron chi connectivity index (χ3n) is 2.42. The SMILES string of the molecule is CO[C@H]1[C@H](O)[C@@H](O)[C@@](C)(O)O[C@@H]1CO. The lowest BCUT2D eigenvalue weighted by atomic mass is 9.93. The molecule has 1 rings (SSSR count). The molecule has 0 aliphatic carbocycles. The Bertz CT molecular complexity index is 192. The minimum atomic E-state index is -1.87. The van der Waals surface area contributed by atoms with Crippen LogP contribution in [0.1, 0.15) is 6.92 Å². The van der Waals surface area contributed by atoms with E-state index in [9.17, 15) is 15.3 Å². The number of ether oxygens (including phenoxy) is 2. The molecule has 1 fully saturated rings. The third-order valence-corrected chi connectivity index (χ3v) is 2.42. The van der Waals surface area contributed by atoms with Gasteiger partial charge in [-0.25, -0.2) is 0 Å². The van der Waals surface area contributed by atoms with Crippen molar-refractivity contribution in [3.05, 3.63) is 0 Å². The van der Waals surface area contributed by atoms with E-state index in [4.69, 9.17) is 14.6 Å². The fourth-order valence-corrected chi connectivity index (χ4v) is 1.59. The first-order valence-electron chi connectivity index (χ1n) is 4.34. The normalized spacial score (nSPS) is 49.3. The average Bonchev–Trinajstić information content (AvgIpc) is 2.14. The van der Waals surface area contributed by atoms with E-state index >= 15 is 0 Å². The van der Waals surface area contributed by atoms with E-state index in [2.05, 4.69) is 0 Å². The van der Waals surface area contributed by atoms with Gasteiger partial charge in [-0.15, -0.1) is 0 Å². The predicted octanol–water partition coefficient (Wildman–Crippen LogP) is -2.18. The van der Waals surface area contributed by atoms with Gasteiger partial charge < -0.3 is 29.9 Å². The van der Waals surface area contributed by atoms with Crippen LogP contribution < -0.4 is 0 Å². The van der Waals surface area contributed by atoms with Crippen molar-refractivity contribution in [3.63, 3.8) is 0 Å². The van der Waals surface area contributed by atoms with Crippen LogP contribution in [0.25, 0.3) is 0 Å². The summed E-state index contributed by atoms with van der Waals surface area (Å²) in [7, 11) is 1.33. The first kappa shape index (κ1) is 11.8. The summed E-state index contributed by atoms with van der Waals surface area (Å²) >= 11 is 0. The largest absolute Gasteiger partial charge is 0.394 e. The molecule has 4 N–H and O–H groups in total. The molecular weight excluding hydrogens is 192 g/mol. The van der Waals surface area contributed by atoms with Gasteiger partial charge >= 0.3 is 0 Å². The molecule has 1 aliphatic rings. The molecular formula is C8H16O6. The second-order valence-corrected chi connectivity index (χ2v) is 3.53. The van der Waals surface area contributed by atoms with E-state index in [1.807, 2.05) is 0 Å². The molecule has 0 aromatic rings. The van der Waals surface area contributed by atoms with Crippen molar-refractivity contribution in [2.24, 2.45) is 0 Å². The summed E-state index contributed by atoms with van der Waals surface area (Å²) < 4.78 is 9.84. The molecule has 0 unspecified atom stereocenters. The molecule has 0 spiro atoms. The summed E-state index contributed by atoms with van der Waals surface area (Å²) in [6, 6.07) is 0. The number of aliphatic hydroxyl groups is 4. The van der Waals surface area contributed by atoms with Crippen LogP contribution in [0.3, 0.4) is 0 Å². The average molecular weight is 208 g/mol. The molecule has 14 heavy (non-hydrogen) atoms. The number of methoxy groups -OCH3 is 1. The number of hydrogen-bond donors (Lipinski definition) is 4. The summed E-state index contributed by atoms with van der Waals surface area (Å²) in [5.74, 6) is -1.87. The monoisotopic (exact) mass is 208 g/mol. The highest BCUT2D eigenvalue weighted by molar-refractivity contribution is 4.94. The van der Waals surface area contributed by atoms with Crippen LogP contribution in [-0.4, -0.2) is 64.3 Å². The maximum absolute atomic E-state index is 9.55. The van der Waals surface area contributed by atoms with E-state index in [1.165, 1.54) is 14.0 Å². The smallest absolute Gasteiger partial charge is 0.192 e. The highest BCUT2D eigenvalue weighted by atomic mass is 16.7. The van der Waals surface area contributed by atoms with Gasteiger partial charge in [0, 0.05) is 7.11 Å². The van der Waals surface area contributed by atoms with E-state index in [0.29, 0.717) is 0 Å². The lowest BCUT2D eigenvalue weighted by molar-refractivity contribution is -0.343. The van der Waals surface area contributed by atoms with Gasteiger partial charge in [-0.3, -0.25) is 0 Å². The molecule has 0 saturated carbocycles. The molecule has 5 atom stereocenters. The number of rotatable bonds is 2. The molecule has 0 aromatic heterocycles. The van der Waals surface area contributed by atoms with Crippen LogP contribution in [0.2, 0.25) is 0 Å². The Balaban J connectivity index is 2.82. The summed E-state index contributed by atoms with van der Waals surface area (Å²) in [6.45, 7) is 0.813. The topological polar surface area (TPSA) is 99.4 Å². The van der Waals surface area contributed by atoms with Gasteiger partial charge in [0.05, 0.1) is 6.61 Å². The molecule has 0 amide bonds. The van der Waals surface area contributed by atoms with E-state index in [1.54, 1.807) is 0 Å². The summed E-state index contributed by atoms with van der Waals surface area (Å²) in [5.41, 5.74) is 0. The zero-order chi connectivity index (χ0) is 10.9. The van der Waals surface area contributed by atoms with Crippen molar-refractivity contribution in [2.75, 3.05) is 13.7 Å². The Labute approximate surface area is 81.7 Å². The molecule has 6 nitrogen and oxygen atoms in total. The Morgan fingerprint density at radius 3 is 2.43 bits per heavy atom. The lowest BCUT2D eigenvalue weighted by Crippen LogP contribution is -2.64. The molecule has 84 valence electrons. The van der Waals surface area contributed by atoms with Crippen molar-refractivity contribution >= 4 is 0 Å². The van der Waals surface area contributed by atoms with Gasteiger partial charge in [-0.05, 0) is 6.92 Å². The lowest BCUT2D eigenvalue weighted by Gasteiger charge is -2.44. The van der Waals surface area contributed by atoms with Crippen molar-refractivity contribution in [3.8, 4) is 0 Å². The maximum atomic E-state index is 9.55. The first-order chi connectivity index (χ1) is 6.44. The Morgan fingerprint density at radius 2 is 2.00 bits per heavy atom. The minimum absolute atomic E-state index is 0.404. The van der Waals surface area contributed by atoms with Crippen LogP contribution in [0.15, 0.2) is 0 Å². The van der Waals surface area contributed by atoms with Crippen molar-refractivity contribution in [1.82, 2.24) is 0 Å². The Kier molecular flexibility index (Phi) is 3.46. The summed E-state index contributed by atoms with van der Waals surface area (Å²) in [4.78, 5) is 0. The molecule has 1 aliphatic heterocycles. The summed E-state index contributed by atoms with van der Waals surface area (Å²) in [5, 5.41) is 37.4. The van der Waals surface area contributed by atoms with Crippen molar-refractivity contribution < 1.29 is 29.9 Å². The Morgan fingerprint density at radius 1 is 1.43 bits per heavy atom. The zero-order valence-electron chi connectivity index (χ0n) is 8.12. The van der Waals surface area contributed by atoms with E-state index in [-0.39, 0.29) is 0 Å². The van der Waals surface area contributed by atoms with E-state index < -0.39 is 36.8 Å². The van der Waals surface area contributed by atoms with Gasteiger partial charge in [0.15, 0.2) is 5.79 Å². The molecule has 1 heterocycles. The van der Waals surface area contributed by atoms with Crippen LogP contribution in [0.5, 0.6) is 0 Å². The quantitative estimate of drug-likeness (QED) is 0.412. The Hall–Kier alpha value is -0.240. The van der Waals surface area contributed by atoms with Crippen LogP contribution >= 0.6 is 0 Å². The van der Waals surface area contributed by atoms with Gasteiger partial charge in [-0.2, -0.15) is 0 Å². The fourth-order valence-electron chi connectivity index (χ4n) is 1.59. The molecule has 0 aromatic carbocycles. The van der Waals surface area contributed by atoms with Gasteiger partial charge in [0.2, 0.25) is 0 Å². The van der Waals surface area contributed by atoms with Gasteiger partial charge in [0.1, 0.15) is 24.4 Å². The van der Waals surface area contributed by atoms with Gasteiger partial charge in [0.25, 0.3) is 0 Å². The van der Waals surface area contributed by atoms with Crippen molar-refractivity contribution in [1.29, 1.82) is 0 Å². The molecule has 6 heteroatoms. The molecule has 0 radical (unpaired) electrons. The van der Waals surface area contributed by atoms with Crippen molar-refractivity contribution in [2.45, 2.75) is 37.1 Å². The van der Waals surface area contributed by atoms with Crippen LogP contribution in [0, 0.1) is 0 Å². The second-order valence-electron chi connectivity index (χ2n) is 3.53. The number of hydrogen-bond acceptors (Lipinski definition) is 6. The highest BCUT2D eigenvalue weighted by Crippen LogP contribution is 2.28. The fraction of sp³-hybridized carbons (Fsp3) is 1.00. The van der Waals surface area contributed by atoms with E-state index in [0.717, 1.165) is 0 Å². The second kappa shape index (κ2) is 4.09. The van der Waals surface area contributed by atoms with Gasteiger partial charge in [-0.1, -0.05) is 0 Å². The minimum Gasteiger partial charge on any atom is -0.394 e. The predicted molar refractivity (Wildman–Crippen MR) is 45.4 cm³/mol. The third kappa shape index (κ3) is 1.90. The first-order valence-corrected chi connectivity index (χ1v) is 4.34. The molecule has 0 bridgehead atoms. The molecule has 1 saturated heterocycles. The highest BCUT2D eigenvalue weighted by Gasteiger charge is 2.50. The van der Waals surface area contributed by atoms with Crippen LogP contribution in [-0.2, 0) is 9.47 Å². The number of aliphatic hydroxyl groups excluding tert-OH is 3. The maximum Gasteiger partial charge on any atom is 0.192 e. The zero-order valence-corrected chi connectivity index (χ0v) is 8.12. The standard InChI is InChI=1S/C8H16O6/c1-8(12)7(11)5(10)6(13-2)4(3-9)14-8/h4-7,9-12H,3H2,1-2H3/t4-,5+,6-,7-,8+/m1/s1.